The van der Waals surface area contributed by atoms with Gasteiger partial charge in [0, 0.05) is 18.5 Å². The molecule has 0 aliphatic carbocycles. The van der Waals surface area contributed by atoms with E-state index in [0.29, 0.717) is 12.8 Å². The van der Waals surface area contributed by atoms with E-state index in [4.69, 9.17) is 5.11 Å². The summed E-state index contributed by atoms with van der Waals surface area (Å²) < 4.78 is 0. The predicted molar refractivity (Wildman–Crippen MR) is 65.9 cm³/mol. The van der Waals surface area contributed by atoms with Crippen LogP contribution in [0.2, 0.25) is 0 Å². The van der Waals surface area contributed by atoms with Crippen molar-refractivity contribution in [3.05, 3.63) is 29.8 Å². The van der Waals surface area contributed by atoms with E-state index in [9.17, 15) is 9.59 Å². The standard InChI is InChI=1S/C13H17NO3/c1-2-3-12(15)14-11-7-4-10(5-8-11)6-9-13(16)17/h4-5,7-8H,2-3,6,9H2,1H3,(H,14,15)(H,16,17). The van der Waals surface area contributed by atoms with Gasteiger partial charge in [-0.2, -0.15) is 0 Å². The number of anilines is 1. The van der Waals surface area contributed by atoms with Gasteiger partial charge in [0.05, 0.1) is 0 Å². The van der Waals surface area contributed by atoms with Crippen molar-refractivity contribution in [1.29, 1.82) is 0 Å². The highest BCUT2D eigenvalue weighted by Crippen LogP contribution is 2.11. The van der Waals surface area contributed by atoms with Crippen molar-refractivity contribution in [2.24, 2.45) is 0 Å². The van der Waals surface area contributed by atoms with Crippen molar-refractivity contribution < 1.29 is 14.7 Å². The Morgan fingerprint density at radius 1 is 1.18 bits per heavy atom. The van der Waals surface area contributed by atoms with Crippen LogP contribution in [0.4, 0.5) is 5.69 Å². The third kappa shape index (κ3) is 5.15. The van der Waals surface area contributed by atoms with Crippen LogP contribution in [-0.4, -0.2) is 17.0 Å². The van der Waals surface area contributed by atoms with Gasteiger partial charge in [-0.1, -0.05) is 19.1 Å². The molecule has 92 valence electrons. The lowest BCUT2D eigenvalue weighted by molar-refractivity contribution is -0.137. The number of rotatable bonds is 6. The van der Waals surface area contributed by atoms with Crippen LogP contribution >= 0.6 is 0 Å². The van der Waals surface area contributed by atoms with Crippen molar-refractivity contribution in [2.45, 2.75) is 32.6 Å². The summed E-state index contributed by atoms with van der Waals surface area (Å²) in [5, 5.41) is 11.3. The molecule has 4 nitrogen and oxygen atoms in total. The molecule has 0 atom stereocenters. The second-order valence-corrected chi connectivity index (χ2v) is 3.89. The lowest BCUT2D eigenvalue weighted by Crippen LogP contribution is -2.10. The Hall–Kier alpha value is -1.84. The number of amides is 1. The van der Waals surface area contributed by atoms with E-state index in [2.05, 4.69) is 5.32 Å². The molecule has 0 saturated heterocycles. The quantitative estimate of drug-likeness (QED) is 0.795. The maximum Gasteiger partial charge on any atom is 0.303 e. The van der Waals surface area contributed by atoms with Crippen LogP contribution in [0, 0.1) is 0 Å². The van der Waals surface area contributed by atoms with E-state index in [1.807, 2.05) is 19.1 Å². The fourth-order valence-corrected chi connectivity index (χ4v) is 1.46. The first-order valence-electron chi connectivity index (χ1n) is 5.72. The largest absolute Gasteiger partial charge is 0.481 e. The van der Waals surface area contributed by atoms with Gasteiger partial charge in [-0.3, -0.25) is 9.59 Å². The number of carbonyl (C=O) groups excluding carboxylic acids is 1. The first-order valence-corrected chi connectivity index (χ1v) is 5.72. The number of nitrogens with one attached hydrogen (secondary N) is 1. The average molecular weight is 235 g/mol. The monoisotopic (exact) mass is 235 g/mol. The number of carbonyl (C=O) groups is 2. The van der Waals surface area contributed by atoms with Crippen LogP contribution in [0.1, 0.15) is 31.7 Å². The van der Waals surface area contributed by atoms with Gasteiger partial charge in [0.15, 0.2) is 0 Å². The Kier molecular flexibility index (Phi) is 5.20. The fourth-order valence-electron chi connectivity index (χ4n) is 1.46. The maximum atomic E-state index is 11.3. The average Bonchev–Trinajstić information content (AvgIpc) is 2.28. The molecule has 0 aliphatic rings. The number of carboxylic acid groups (broad SMARTS) is 1. The van der Waals surface area contributed by atoms with E-state index in [0.717, 1.165) is 17.7 Å². The highest BCUT2D eigenvalue weighted by Gasteiger charge is 2.02. The second-order valence-electron chi connectivity index (χ2n) is 3.89. The second kappa shape index (κ2) is 6.68. The minimum Gasteiger partial charge on any atom is -0.481 e. The van der Waals surface area contributed by atoms with E-state index < -0.39 is 5.97 Å². The Morgan fingerprint density at radius 2 is 1.82 bits per heavy atom. The molecule has 17 heavy (non-hydrogen) atoms. The van der Waals surface area contributed by atoms with Gasteiger partial charge in [0.25, 0.3) is 0 Å². The van der Waals surface area contributed by atoms with E-state index in [1.165, 1.54) is 0 Å². The lowest BCUT2D eigenvalue weighted by atomic mass is 10.1. The van der Waals surface area contributed by atoms with Gasteiger partial charge in [0.2, 0.25) is 5.91 Å². The molecule has 1 rings (SSSR count). The smallest absolute Gasteiger partial charge is 0.303 e. The third-order valence-electron chi connectivity index (χ3n) is 2.34. The molecule has 4 heteroatoms. The molecule has 1 aromatic rings. The summed E-state index contributed by atoms with van der Waals surface area (Å²) in [6, 6.07) is 7.27. The molecule has 1 amide bonds. The molecule has 1 aromatic carbocycles. The Balaban J connectivity index is 2.49. The minimum atomic E-state index is -0.801. The van der Waals surface area contributed by atoms with Crippen LogP contribution in [0.3, 0.4) is 0 Å². The number of aliphatic carboxylic acids is 1. The van der Waals surface area contributed by atoms with Gasteiger partial charge in [-0.05, 0) is 30.5 Å². The van der Waals surface area contributed by atoms with Gasteiger partial charge >= 0.3 is 5.97 Å². The summed E-state index contributed by atoms with van der Waals surface area (Å²) in [6.45, 7) is 1.95. The molecule has 0 radical (unpaired) electrons. The summed E-state index contributed by atoms with van der Waals surface area (Å²) in [5.74, 6) is -0.795. The minimum absolute atomic E-state index is 0.00536. The number of carboxylic acids is 1. The van der Waals surface area contributed by atoms with E-state index in [-0.39, 0.29) is 12.3 Å². The Morgan fingerprint density at radius 3 is 2.35 bits per heavy atom. The predicted octanol–water partition coefficient (Wildman–Crippen LogP) is 2.44. The molecule has 0 aliphatic heterocycles. The summed E-state index contributed by atoms with van der Waals surface area (Å²) in [6.07, 6.45) is 1.98. The van der Waals surface area contributed by atoms with Crippen molar-refractivity contribution in [3.63, 3.8) is 0 Å². The Bertz CT molecular complexity index is 384. The number of aryl methyl sites for hydroxylation is 1. The summed E-state index contributed by atoms with van der Waals surface area (Å²) in [5.41, 5.74) is 1.71. The molecule has 0 unspecified atom stereocenters. The van der Waals surface area contributed by atoms with Gasteiger partial charge in [-0.15, -0.1) is 0 Å². The summed E-state index contributed by atoms with van der Waals surface area (Å²) >= 11 is 0. The molecule has 0 aromatic heterocycles. The topological polar surface area (TPSA) is 66.4 Å². The number of benzene rings is 1. The molecule has 0 saturated carbocycles. The Labute approximate surface area is 101 Å². The normalized spacial score (nSPS) is 9.94. The number of hydrogen-bond acceptors (Lipinski definition) is 2. The first kappa shape index (κ1) is 13.2. The number of hydrogen-bond donors (Lipinski definition) is 2. The summed E-state index contributed by atoms with van der Waals surface area (Å²) in [4.78, 5) is 21.7. The van der Waals surface area contributed by atoms with Crippen LogP contribution in [0.15, 0.2) is 24.3 Å². The highest BCUT2D eigenvalue weighted by molar-refractivity contribution is 5.90. The molecule has 0 heterocycles. The van der Waals surface area contributed by atoms with Gasteiger partial charge in [0.1, 0.15) is 0 Å². The molecule has 0 spiro atoms. The highest BCUT2D eigenvalue weighted by atomic mass is 16.4. The molecular weight excluding hydrogens is 218 g/mol. The molecular formula is C13H17NO3. The fraction of sp³-hybridized carbons (Fsp3) is 0.385. The lowest BCUT2D eigenvalue weighted by Gasteiger charge is -2.05. The van der Waals surface area contributed by atoms with Crippen LogP contribution in [0.5, 0.6) is 0 Å². The van der Waals surface area contributed by atoms with E-state index in [1.54, 1.807) is 12.1 Å². The van der Waals surface area contributed by atoms with Gasteiger partial charge < -0.3 is 10.4 Å². The third-order valence-corrected chi connectivity index (χ3v) is 2.34. The van der Waals surface area contributed by atoms with Crippen LogP contribution < -0.4 is 5.32 Å². The zero-order valence-electron chi connectivity index (χ0n) is 9.90. The first-order chi connectivity index (χ1) is 8.11. The van der Waals surface area contributed by atoms with Crippen LogP contribution in [0.25, 0.3) is 0 Å². The van der Waals surface area contributed by atoms with Crippen LogP contribution in [-0.2, 0) is 16.0 Å². The van der Waals surface area contributed by atoms with Crippen molar-refractivity contribution in [1.82, 2.24) is 0 Å². The zero-order chi connectivity index (χ0) is 12.7. The molecule has 0 bridgehead atoms. The SMILES string of the molecule is CCCC(=O)Nc1ccc(CCC(=O)O)cc1. The summed E-state index contributed by atoms with van der Waals surface area (Å²) in [7, 11) is 0. The van der Waals surface area contributed by atoms with Crippen molar-refractivity contribution in [3.8, 4) is 0 Å². The van der Waals surface area contributed by atoms with Gasteiger partial charge in [-0.25, -0.2) is 0 Å². The zero-order valence-corrected chi connectivity index (χ0v) is 9.90. The van der Waals surface area contributed by atoms with Crippen molar-refractivity contribution >= 4 is 17.6 Å². The molecule has 2 N–H and O–H groups in total. The van der Waals surface area contributed by atoms with Crippen molar-refractivity contribution in [2.75, 3.05) is 5.32 Å². The molecule has 0 fully saturated rings. The van der Waals surface area contributed by atoms with E-state index >= 15 is 0 Å². The maximum absolute atomic E-state index is 11.3.